The van der Waals surface area contributed by atoms with Gasteiger partial charge < -0.3 is 14.7 Å². The Hall–Kier alpha value is -1.10. The number of hydrogen-bond acceptors (Lipinski definition) is 3. The second-order valence-electron chi connectivity index (χ2n) is 5.37. The van der Waals surface area contributed by atoms with Gasteiger partial charge in [-0.05, 0) is 13.5 Å². The van der Waals surface area contributed by atoms with Gasteiger partial charge in [0.15, 0.2) is 0 Å². The van der Waals surface area contributed by atoms with E-state index >= 15 is 0 Å². The number of carbonyl (C=O) groups excluding carboxylic acids is 2. The van der Waals surface area contributed by atoms with Gasteiger partial charge in [-0.2, -0.15) is 0 Å². The summed E-state index contributed by atoms with van der Waals surface area (Å²) in [4.78, 5) is 30.1. The first-order valence-corrected chi connectivity index (χ1v) is 6.87. The fourth-order valence-electron chi connectivity index (χ4n) is 2.71. The fraction of sp³-hybridized carbons (Fsp3) is 0.846. The lowest BCUT2D eigenvalue weighted by Crippen LogP contribution is -2.49. The zero-order valence-corrected chi connectivity index (χ0v) is 11.4. The van der Waals surface area contributed by atoms with E-state index in [4.69, 9.17) is 0 Å². The summed E-state index contributed by atoms with van der Waals surface area (Å²) in [7, 11) is 2.07. The largest absolute Gasteiger partial charge is 0.342 e. The summed E-state index contributed by atoms with van der Waals surface area (Å²) in [5.74, 6) is 0.215. The first-order valence-electron chi connectivity index (χ1n) is 6.87. The van der Waals surface area contributed by atoms with Gasteiger partial charge in [-0.25, -0.2) is 0 Å². The highest BCUT2D eigenvalue weighted by Gasteiger charge is 2.36. The number of likely N-dealkylation sites (N-methyl/N-ethyl adjacent to an activating group) is 1. The van der Waals surface area contributed by atoms with Gasteiger partial charge in [-0.1, -0.05) is 6.92 Å². The molecule has 2 aliphatic rings. The molecule has 0 aliphatic carbocycles. The fourth-order valence-corrected chi connectivity index (χ4v) is 2.71. The zero-order valence-electron chi connectivity index (χ0n) is 11.4. The number of nitrogens with zero attached hydrogens (tertiary/aromatic N) is 3. The molecule has 1 unspecified atom stereocenters. The molecule has 2 rings (SSSR count). The molecular formula is C13H23N3O2. The predicted octanol–water partition coefficient (Wildman–Crippen LogP) is 0.0189. The van der Waals surface area contributed by atoms with Gasteiger partial charge in [0.25, 0.3) is 0 Å². The maximum atomic E-state index is 12.3. The summed E-state index contributed by atoms with van der Waals surface area (Å²) in [6.45, 7) is 6.93. The zero-order chi connectivity index (χ0) is 13.1. The maximum absolute atomic E-state index is 12.3. The number of piperazine rings is 1. The molecule has 1 atom stereocenters. The van der Waals surface area contributed by atoms with Crippen LogP contribution in [-0.4, -0.2) is 72.8 Å². The molecule has 102 valence electrons. The van der Waals surface area contributed by atoms with Crippen molar-refractivity contribution in [1.82, 2.24) is 14.7 Å². The standard InChI is InChI=1S/C13H23N3O2/c1-3-4-16-10-11(9-12(16)17)13(18)15-7-5-14(2)6-8-15/h11H,3-10H2,1-2H3. The number of carbonyl (C=O) groups is 2. The monoisotopic (exact) mass is 253 g/mol. The molecule has 0 aromatic rings. The summed E-state index contributed by atoms with van der Waals surface area (Å²) in [5.41, 5.74) is 0. The smallest absolute Gasteiger partial charge is 0.228 e. The molecule has 0 saturated carbocycles. The molecule has 2 saturated heterocycles. The molecule has 0 radical (unpaired) electrons. The van der Waals surface area contributed by atoms with Crippen LogP contribution < -0.4 is 0 Å². The van der Waals surface area contributed by atoms with E-state index in [2.05, 4.69) is 18.9 Å². The Morgan fingerprint density at radius 2 is 1.94 bits per heavy atom. The lowest BCUT2D eigenvalue weighted by molar-refractivity contribution is -0.137. The molecule has 2 fully saturated rings. The molecular weight excluding hydrogens is 230 g/mol. The molecule has 18 heavy (non-hydrogen) atoms. The van der Waals surface area contributed by atoms with Crippen molar-refractivity contribution in [3.05, 3.63) is 0 Å². The Kier molecular flexibility index (Phi) is 4.22. The molecule has 0 N–H and O–H groups in total. The highest BCUT2D eigenvalue weighted by Crippen LogP contribution is 2.20. The van der Waals surface area contributed by atoms with Crippen LogP contribution in [0.4, 0.5) is 0 Å². The Morgan fingerprint density at radius 1 is 1.28 bits per heavy atom. The van der Waals surface area contributed by atoms with Gasteiger partial charge in [-0.3, -0.25) is 9.59 Å². The third-order valence-electron chi connectivity index (χ3n) is 3.87. The minimum atomic E-state index is -0.104. The minimum Gasteiger partial charge on any atom is -0.342 e. The summed E-state index contributed by atoms with van der Waals surface area (Å²) >= 11 is 0. The van der Waals surface area contributed by atoms with E-state index in [1.165, 1.54) is 0 Å². The molecule has 5 nitrogen and oxygen atoms in total. The normalized spacial score (nSPS) is 25.9. The third kappa shape index (κ3) is 2.83. The summed E-state index contributed by atoms with van der Waals surface area (Å²) < 4.78 is 0. The quantitative estimate of drug-likeness (QED) is 0.712. The predicted molar refractivity (Wildman–Crippen MR) is 69.1 cm³/mol. The molecule has 5 heteroatoms. The van der Waals surface area contributed by atoms with Crippen molar-refractivity contribution >= 4 is 11.8 Å². The van der Waals surface area contributed by atoms with Crippen molar-refractivity contribution in [2.24, 2.45) is 5.92 Å². The number of hydrogen-bond donors (Lipinski definition) is 0. The molecule has 0 aromatic heterocycles. The van der Waals surface area contributed by atoms with Crippen LogP contribution >= 0.6 is 0 Å². The second kappa shape index (κ2) is 5.69. The minimum absolute atomic E-state index is 0.104. The number of amides is 2. The van der Waals surface area contributed by atoms with Crippen molar-refractivity contribution in [2.45, 2.75) is 19.8 Å². The van der Waals surface area contributed by atoms with Crippen molar-refractivity contribution in [1.29, 1.82) is 0 Å². The van der Waals surface area contributed by atoms with Crippen LogP contribution in [0.2, 0.25) is 0 Å². The molecule has 2 aliphatic heterocycles. The highest BCUT2D eigenvalue weighted by molar-refractivity contribution is 5.89. The molecule has 0 aromatic carbocycles. The van der Waals surface area contributed by atoms with Gasteiger partial charge in [-0.15, -0.1) is 0 Å². The third-order valence-corrected chi connectivity index (χ3v) is 3.87. The maximum Gasteiger partial charge on any atom is 0.228 e. The average molecular weight is 253 g/mol. The number of likely N-dealkylation sites (tertiary alicyclic amines) is 1. The van der Waals surface area contributed by atoms with Gasteiger partial charge >= 0.3 is 0 Å². The Morgan fingerprint density at radius 3 is 2.56 bits per heavy atom. The lowest BCUT2D eigenvalue weighted by atomic mass is 10.1. The van der Waals surface area contributed by atoms with E-state index in [9.17, 15) is 9.59 Å². The van der Waals surface area contributed by atoms with Gasteiger partial charge in [0, 0.05) is 45.7 Å². The second-order valence-corrected chi connectivity index (χ2v) is 5.37. The van der Waals surface area contributed by atoms with E-state index in [0.717, 1.165) is 39.1 Å². The number of rotatable bonds is 3. The van der Waals surface area contributed by atoms with Crippen molar-refractivity contribution in [2.75, 3.05) is 46.3 Å². The van der Waals surface area contributed by atoms with Crippen molar-refractivity contribution < 1.29 is 9.59 Å². The summed E-state index contributed by atoms with van der Waals surface area (Å²) in [6, 6.07) is 0. The van der Waals surface area contributed by atoms with Gasteiger partial charge in [0.2, 0.25) is 11.8 Å². The van der Waals surface area contributed by atoms with Crippen LogP contribution in [0.15, 0.2) is 0 Å². The topological polar surface area (TPSA) is 43.9 Å². The molecule has 0 bridgehead atoms. The Labute approximate surface area is 109 Å². The van der Waals surface area contributed by atoms with Crippen LogP contribution in [0.5, 0.6) is 0 Å². The highest BCUT2D eigenvalue weighted by atomic mass is 16.2. The van der Waals surface area contributed by atoms with E-state index in [1.54, 1.807) is 0 Å². The first-order chi connectivity index (χ1) is 8.61. The summed E-state index contributed by atoms with van der Waals surface area (Å²) in [6.07, 6.45) is 1.37. The van der Waals surface area contributed by atoms with Crippen LogP contribution in [-0.2, 0) is 9.59 Å². The average Bonchev–Trinajstić information content (AvgIpc) is 2.72. The van der Waals surface area contributed by atoms with E-state index in [-0.39, 0.29) is 17.7 Å². The molecule has 2 heterocycles. The van der Waals surface area contributed by atoms with E-state index in [0.29, 0.717) is 13.0 Å². The Balaban J connectivity index is 1.88. The Bertz CT molecular complexity index is 324. The molecule has 0 spiro atoms. The molecule has 2 amide bonds. The first kappa shape index (κ1) is 13.3. The van der Waals surface area contributed by atoms with Crippen molar-refractivity contribution in [3.63, 3.8) is 0 Å². The van der Waals surface area contributed by atoms with Crippen molar-refractivity contribution in [3.8, 4) is 0 Å². The van der Waals surface area contributed by atoms with Crippen LogP contribution in [0.3, 0.4) is 0 Å². The van der Waals surface area contributed by atoms with Crippen LogP contribution in [0, 0.1) is 5.92 Å². The summed E-state index contributed by atoms with van der Waals surface area (Å²) in [5, 5.41) is 0. The van der Waals surface area contributed by atoms with Crippen LogP contribution in [0.1, 0.15) is 19.8 Å². The lowest BCUT2D eigenvalue weighted by Gasteiger charge is -2.33. The SMILES string of the molecule is CCCN1CC(C(=O)N2CCN(C)CC2)CC1=O. The van der Waals surface area contributed by atoms with Gasteiger partial charge in [0.05, 0.1) is 5.92 Å². The van der Waals surface area contributed by atoms with Gasteiger partial charge in [0.1, 0.15) is 0 Å². The van der Waals surface area contributed by atoms with E-state index < -0.39 is 0 Å². The van der Waals surface area contributed by atoms with Crippen LogP contribution in [0.25, 0.3) is 0 Å². The van der Waals surface area contributed by atoms with E-state index in [1.807, 2.05) is 9.80 Å².